The highest BCUT2D eigenvalue weighted by molar-refractivity contribution is 5.66. The van der Waals surface area contributed by atoms with Gasteiger partial charge in [0.1, 0.15) is 17.1 Å². The van der Waals surface area contributed by atoms with Gasteiger partial charge in [-0.05, 0) is 36.7 Å². The lowest BCUT2D eigenvalue weighted by Gasteiger charge is -2.11. The lowest BCUT2D eigenvalue weighted by atomic mass is 10.1. The number of benzene rings is 1. The number of rotatable bonds is 6. The highest BCUT2D eigenvalue weighted by Gasteiger charge is 2.15. The second-order valence-electron chi connectivity index (χ2n) is 6.46. The van der Waals surface area contributed by atoms with Crippen LogP contribution in [0.25, 0.3) is 22.8 Å². The Hall–Kier alpha value is -4.16. The van der Waals surface area contributed by atoms with Gasteiger partial charge in [0.05, 0.1) is 23.4 Å². The highest BCUT2D eigenvalue weighted by Crippen LogP contribution is 2.33. The fraction of sp³-hybridized carbons (Fsp3) is 0.143. The number of nitrogens with zero attached hydrogens (tertiary/aromatic N) is 7. The van der Waals surface area contributed by atoms with E-state index in [1.807, 2.05) is 0 Å². The first-order chi connectivity index (χ1) is 14.7. The summed E-state index contributed by atoms with van der Waals surface area (Å²) in [4.78, 5) is 17.2. The summed E-state index contributed by atoms with van der Waals surface area (Å²) in [6.07, 6.45) is 9.02. The van der Waals surface area contributed by atoms with Gasteiger partial charge in [0.15, 0.2) is 5.82 Å². The van der Waals surface area contributed by atoms with Gasteiger partial charge in [0, 0.05) is 37.9 Å². The molecule has 0 atom stereocenters. The van der Waals surface area contributed by atoms with Crippen molar-refractivity contribution in [1.29, 1.82) is 5.26 Å². The molecule has 9 heteroatoms. The summed E-state index contributed by atoms with van der Waals surface area (Å²) in [5.74, 6) is 1.42. The molecule has 0 aliphatic rings. The van der Waals surface area contributed by atoms with E-state index < -0.39 is 0 Å². The Morgan fingerprint density at radius 3 is 2.60 bits per heavy atom. The number of aryl methyl sites for hydroxylation is 1. The quantitative estimate of drug-likeness (QED) is 0.524. The molecule has 0 saturated carbocycles. The van der Waals surface area contributed by atoms with Gasteiger partial charge in [-0.25, -0.2) is 14.6 Å². The molecule has 0 radical (unpaired) electrons. The molecule has 0 aliphatic heterocycles. The van der Waals surface area contributed by atoms with Crippen LogP contribution in [0.5, 0.6) is 11.6 Å². The average molecular weight is 398 g/mol. The number of hydrogen-bond donors (Lipinski definition) is 1. The zero-order chi connectivity index (χ0) is 20.9. The summed E-state index contributed by atoms with van der Waals surface area (Å²) in [5, 5.41) is 13.7. The van der Waals surface area contributed by atoms with Crippen molar-refractivity contribution in [2.24, 2.45) is 12.8 Å². The molecule has 30 heavy (non-hydrogen) atoms. The minimum atomic E-state index is 0.453. The molecule has 0 saturated heterocycles. The van der Waals surface area contributed by atoms with Crippen LogP contribution in [-0.2, 0) is 13.5 Å². The predicted octanol–water partition coefficient (Wildman–Crippen LogP) is 2.50. The molecule has 2 N–H and O–H groups in total. The minimum Gasteiger partial charge on any atom is -0.438 e. The monoisotopic (exact) mass is 398 g/mol. The van der Waals surface area contributed by atoms with E-state index in [0.29, 0.717) is 52.9 Å². The van der Waals surface area contributed by atoms with Crippen molar-refractivity contribution >= 4 is 0 Å². The van der Waals surface area contributed by atoms with Crippen molar-refractivity contribution in [2.75, 3.05) is 6.54 Å². The van der Waals surface area contributed by atoms with Crippen LogP contribution in [0.2, 0.25) is 0 Å². The summed E-state index contributed by atoms with van der Waals surface area (Å²) in [7, 11) is 1.77. The summed E-state index contributed by atoms with van der Waals surface area (Å²) in [6.45, 7) is 0.530. The zero-order valence-electron chi connectivity index (χ0n) is 16.2. The highest BCUT2D eigenvalue weighted by atomic mass is 16.5. The largest absolute Gasteiger partial charge is 0.438 e. The molecule has 0 unspecified atom stereocenters. The molecule has 148 valence electrons. The fourth-order valence-corrected chi connectivity index (χ4v) is 2.87. The normalized spacial score (nSPS) is 10.6. The van der Waals surface area contributed by atoms with Gasteiger partial charge in [0.25, 0.3) is 0 Å². The SMILES string of the molecule is Cn1nc(-c2cnccn2)cc1Oc1cc(C#N)ccc1-c1ncc(CCN)cn1. The first-order valence-corrected chi connectivity index (χ1v) is 9.21. The maximum atomic E-state index is 9.31. The molecule has 4 rings (SSSR count). The molecule has 9 nitrogen and oxygen atoms in total. The van der Waals surface area contributed by atoms with E-state index >= 15 is 0 Å². The van der Waals surface area contributed by atoms with Crippen LogP contribution in [0.15, 0.2) is 55.2 Å². The Balaban J connectivity index is 1.70. The third kappa shape index (κ3) is 3.99. The molecular weight excluding hydrogens is 380 g/mol. The van der Waals surface area contributed by atoms with E-state index in [0.717, 1.165) is 5.56 Å². The van der Waals surface area contributed by atoms with E-state index in [4.69, 9.17) is 10.5 Å². The maximum Gasteiger partial charge on any atom is 0.218 e. The molecule has 1 aromatic carbocycles. The first-order valence-electron chi connectivity index (χ1n) is 9.21. The molecule has 0 spiro atoms. The van der Waals surface area contributed by atoms with Crippen LogP contribution in [0, 0.1) is 11.3 Å². The van der Waals surface area contributed by atoms with Crippen molar-refractivity contribution in [1.82, 2.24) is 29.7 Å². The Labute approximate surface area is 172 Å². The number of ether oxygens (including phenoxy) is 1. The number of nitriles is 1. The van der Waals surface area contributed by atoms with Gasteiger partial charge in [-0.1, -0.05) is 0 Å². The van der Waals surface area contributed by atoms with Gasteiger partial charge in [-0.15, -0.1) is 0 Å². The lowest BCUT2D eigenvalue weighted by molar-refractivity contribution is 0.432. The van der Waals surface area contributed by atoms with Gasteiger partial charge >= 0.3 is 0 Å². The smallest absolute Gasteiger partial charge is 0.218 e. The third-order valence-corrected chi connectivity index (χ3v) is 4.37. The van der Waals surface area contributed by atoms with Crippen LogP contribution >= 0.6 is 0 Å². The Morgan fingerprint density at radius 1 is 1.07 bits per heavy atom. The number of hydrogen-bond acceptors (Lipinski definition) is 8. The summed E-state index contributed by atoms with van der Waals surface area (Å²) in [5.41, 5.74) is 8.93. The second kappa shape index (κ2) is 8.46. The van der Waals surface area contributed by atoms with E-state index in [9.17, 15) is 5.26 Å². The van der Waals surface area contributed by atoms with Crippen LogP contribution in [-0.4, -0.2) is 36.3 Å². The average Bonchev–Trinajstić information content (AvgIpc) is 3.15. The summed E-state index contributed by atoms with van der Waals surface area (Å²) >= 11 is 0. The van der Waals surface area contributed by atoms with Gasteiger partial charge in [-0.2, -0.15) is 10.4 Å². The molecule has 3 aromatic heterocycles. The Bertz CT molecular complexity index is 1200. The maximum absolute atomic E-state index is 9.31. The molecule has 0 aliphatic carbocycles. The molecule has 0 bridgehead atoms. The Kier molecular flexibility index (Phi) is 5.41. The minimum absolute atomic E-state index is 0.453. The van der Waals surface area contributed by atoms with Gasteiger partial charge < -0.3 is 10.5 Å². The van der Waals surface area contributed by atoms with Crippen molar-refractivity contribution in [3.8, 4) is 40.5 Å². The van der Waals surface area contributed by atoms with Crippen molar-refractivity contribution in [3.63, 3.8) is 0 Å². The van der Waals surface area contributed by atoms with Crippen molar-refractivity contribution in [3.05, 3.63) is 66.4 Å². The first kappa shape index (κ1) is 19.2. The topological polar surface area (TPSA) is 128 Å². The van der Waals surface area contributed by atoms with E-state index in [1.54, 1.807) is 67.0 Å². The summed E-state index contributed by atoms with van der Waals surface area (Å²) in [6, 6.07) is 9.02. The van der Waals surface area contributed by atoms with Crippen LogP contribution in [0.3, 0.4) is 0 Å². The zero-order valence-corrected chi connectivity index (χ0v) is 16.2. The molecule has 0 fully saturated rings. The predicted molar refractivity (Wildman–Crippen MR) is 109 cm³/mol. The second-order valence-corrected chi connectivity index (χ2v) is 6.46. The van der Waals surface area contributed by atoms with Gasteiger partial charge in [-0.3, -0.25) is 9.97 Å². The molecule has 0 amide bonds. The number of aromatic nitrogens is 6. The van der Waals surface area contributed by atoms with Crippen LogP contribution < -0.4 is 10.5 Å². The fourth-order valence-electron chi connectivity index (χ4n) is 2.87. The standard InChI is InChI=1S/C21H18N8O/c1-29-20(9-17(28-29)18-13-24-6-7-25-18)30-19-8-14(10-23)2-3-16(19)21-26-11-15(4-5-22)12-27-21/h2-3,6-9,11-13H,4-5,22H2,1H3. The van der Waals surface area contributed by atoms with Gasteiger partial charge in [0.2, 0.25) is 5.88 Å². The van der Waals surface area contributed by atoms with E-state index in [2.05, 4.69) is 31.1 Å². The summed E-state index contributed by atoms with van der Waals surface area (Å²) < 4.78 is 7.71. The van der Waals surface area contributed by atoms with Crippen molar-refractivity contribution in [2.45, 2.75) is 6.42 Å². The van der Waals surface area contributed by atoms with Crippen LogP contribution in [0.4, 0.5) is 0 Å². The number of nitrogens with two attached hydrogens (primary N) is 1. The molecule has 4 aromatic rings. The van der Waals surface area contributed by atoms with Crippen molar-refractivity contribution < 1.29 is 4.74 Å². The van der Waals surface area contributed by atoms with E-state index in [-0.39, 0.29) is 0 Å². The third-order valence-electron chi connectivity index (χ3n) is 4.37. The van der Waals surface area contributed by atoms with E-state index in [1.165, 1.54) is 0 Å². The molecule has 3 heterocycles. The molecular formula is C21H18N8O. The Morgan fingerprint density at radius 2 is 1.90 bits per heavy atom. The lowest BCUT2D eigenvalue weighted by Crippen LogP contribution is -2.04. The van der Waals surface area contributed by atoms with Crippen LogP contribution in [0.1, 0.15) is 11.1 Å².